The molecule has 0 aromatic heterocycles. The molecular weight excluding hydrogens is 210 g/mol. The Bertz CT molecular complexity index is 87.4. The van der Waals surface area contributed by atoms with Crippen molar-refractivity contribution in [1.29, 1.82) is 0 Å². The molecule has 0 radical (unpaired) electrons. The Balaban J connectivity index is -0.0000000625. The summed E-state index contributed by atoms with van der Waals surface area (Å²) < 4.78 is 64.7. The Kier molecular flexibility index (Phi) is 15.3. The largest absolute Gasteiger partial charge is 0.388 e. The van der Waals surface area contributed by atoms with E-state index < -0.39 is 25.2 Å². The molecule has 0 unspecified atom stereocenters. The van der Waals surface area contributed by atoms with E-state index in [1.165, 1.54) is 0 Å². The third-order valence-corrected chi connectivity index (χ3v) is 0.802. The van der Waals surface area contributed by atoms with Crippen molar-refractivity contribution in [2.24, 2.45) is 0 Å². The molecule has 0 aromatic carbocycles. The quantitative estimate of drug-likeness (QED) is 0.500. The molecule has 0 atom stereocenters. The maximum Gasteiger partial charge on any atom is 0.388 e. The van der Waals surface area contributed by atoms with Crippen molar-refractivity contribution in [3.8, 4) is 0 Å². The van der Waals surface area contributed by atoms with E-state index >= 15 is 0 Å². The number of hydrogen-bond donors (Lipinski definition) is 0. The van der Waals surface area contributed by atoms with Gasteiger partial charge in [0, 0.05) is 12.8 Å². The standard InChI is InChI=1S/2C3H5F3.2CH4/c2*1-2-3(4,5)6;;/h2*2H2,1H3;2*1H4. The summed E-state index contributed by atoms with van der Waals surface area (Å²) in [6, 6.07) is 0. The van der Waals surface area contributed by atoms with Crippen LogP contribution in [0.25, 0.3) is 0 Å². The number of halogens is 6. The van der Waals surface area contributed by atoms with Gasteiger partial charge >= 0.3 is 12.4 Å². The first-order valence-corrected chi connectivity index (χ1v) is 3.26. The zero-order valence-corrected chi connectivity index (χ0v) is 6.68. The molecule has 0 fully saturated rings. The molecule has 0 amide bonds. The SMILES string of the molecule is C.C.CCC(F)(F)F.CCC(F)(F)F. The van der Waals surface area contributed by atoms with Gasteiger partial charge < -0.3 is 0 Å². The zero-order chi connectivity index (χ0) is 10.4. The molecule has 0 heterocycles. The summed E-state index contributed by atoms with van der Waals surface area (Å²) in [5.41, 5.74) is 0. The van der Waals surface area contributed by atoms with E-state index in [-0.39, 0.29) is 14.9 Å². The van der Waals surface area contributed by atoms with E-state index in [0.29, 0.717) is 0 Å². The van der Waals surface area contributed by atoms with Crippen LogP contribution in [0.2, 0.25) is 0 Å². The third-order valence-electron chi connectivity index (χ3n) is 0.802. The first-order chi connectivity index (χ1) is 5.12. The van der Waals surface area contributed by atoms with Crippen LogP contribution in [0.5, 0.6) is 0 Å². The Morgan fingerprint density at radius 1 is 0.643 bits per heavy atom. The van der Waals surface area contributed by atoms with E-state index in [0.717, 1.165) is 13.8 Å². The molecule has 0 aliphatic heterocycles. The summed E-state index contributed by atoms with van der Waals surface area (Å²) in [4.78, 5) is 0. The summed E-state index contributed by atoms with van der Waals surface area (Å²) in [5.74, 6) is 0. The van der Waals surface area contributed by atoms with Crippen LogP contribution in [0.4, 0.5) is 26.3 Å². The summed E-state index contributed by atoms with van der Waals surface area (Å²) in [6.07, 6.45) is -9.38. The van der Waals surface area contributed by atoms with Crippen LogP contribution in [-0.4, -0.2) is 12.4 Å². The van der Waals surface area contributed by atoms with Crippen molar-refractivity contribution in [2.45, 2.75) is 53.9 Å². The van der Waals surface area contributed by atoms with Crippen molar-refractivity contribution >= 4 is 0 Å². The van der Waals surface area contributed by atoms with Gasteiger partial charge in [0.05, 0.1) is 0 Å². The fourth-order valence-corrected chi connectivity index (χ4v) is 0. The monoisotopic (exact) mass is 228 g/mol. The molecule has 0 N–H and O–H groups in total. The minimum Gasteiger partial charge on any atom is -0.171 e. The van der Waals surface area contributed by atoms with Crippen LogP contribution < -0.4 is 0 Å². The molecule has 14 heavy (non-hydrogen) atoms. The van der Waals surface area contributed by atoms with Gasteiger partial charge in [-0.2, -0.15) is 26.3 Å². The lowest BCUT2D eigenvalue weighted by Gasteiger charge is -1.96. The highest BCUT2D eigenvalue weighted by Crippen LogP contribution is 2.17. The number of rotatable bonds is 0. The Labute approximate surface area is 81.3 Å². The lowest BCUT2D eigenvalue weighted by Crippen LogP contribution is -2.02. The second kappa shape index (κ2) is 9.15. The van der Waals surface area contributed by atoms with E-state index in [1.54, 1.807) is 0 Å². The molecule has 0 aliphatic carbocycles. The summed E-state index contributed by atoms with van der Waals surface area (Å²) in [7, 11) is 0. The Morgan fingerprint density at radius 3 is 0.714 bits per heavy atom. The minimum atomic E-state index is -3.96. The Morgan fingerprint density at radius 2 is 0.714 bits per heavy atom. The molecule has 0 rings (SSSR count). The first-order valence-electron chi connectivity index (χ1n) is 3.26. The predicted octanol–water partition coefficient (Wildman–Crippen LogP) is 5.19. The lowest BCUT2D eigenvalue weighted by molar-refractivity contribution is -0.131. The van der Waals surface area contributed by atoms with Crippen LogP contribution in [-0.2, 0) is 0 Å². The summed E-state index contributed by atoms with van der Waals surface area (Å²) >= 11 is 0. The van der Waals surface area contributed by atoms with Gasteiger partial charge in [-0.1, -0.05) is 28.7 Å². The normalized spacial score (nSPS) is 10.3. The number of hydrogen-bond acceptors (Lipinski definition) is 0. The Hall–Kier alpha value is -0.420. The first kappa shape index (κ1) is 23.4. The van der Waals surface area contributed by atoms with E-state index in [4.69, 9.17) is 0 Å². The third kappa shape index (κ3) is 41.6. The maximum atomic E-state index is 10.8. The molecule has 0 saturated carbocycles. The summed E-state index contributed by atoms with van der Waals surface area (Å²) in [5, 5.41) is 0. The van der Waals surface area contributed by atoms with E-state index in [1.807, 2.05) is 0 Å². The van der Waals surface area contributed by atoms with E-state index in [9.17, 15) is 26.3 Å². The second-order valence-corrected chi connectivity index (χ2v) is 1.94. The van der Waals surface area contributed by atoms with Gasteiger partial charge in [0.1, 0.15) is 0 Å². The second-order valence-electron chi connectivity index (χ2n) is 1.94. The van der Waals surface area contributed by atoms with Crippen LogP contribution >= 0.6 is 0 Å². The molecule has 0 aliphatic rings. The van der Waals surface area contributed by atoms with Gasteiger partial charge in [-0.3, -0.25) is 0 Å². The molecular formula is C8H18F6. The highest BCUT2D eigenvalue weighted by molar-refractivity contribution is 4.39. The average Bonchev–Trinajstić information content (AvgIpc) is 1.86. The molecule has 0 nitrogen and oxygen atoms in total. The van der Waals surface area contributed by atoms with Crippen molar-refractivity contribution in [1.82, 2.24) is 0 Å². The van der Waals surface area contributed by atoms with Crippen molar-refractivity contribution in [3.63, 3.8) is 0 Å². The van der Waals surface area contributed by atoms with Crippen LogP contribution in [0.1, 0.15) is 41.5 Å². The highest BCUT2D eigenvalue weighted by Gasteiger charge is 2.23. The van der Waals surface area contributed by atoms with Crippen LogP contribution in [0.15, 0.2) is 0 Å². The van der Waals surface area contributed by atoms with Gasteiger partial charge in [0.25, 0.3) is 0 Å². The zero-order valence-electron chi connectivity index (χ0n) is 6.68. The maximum absolute atomic E-state index is 10.8. The van der Waals surface area contributed by atoms with Gasteiger partial charge in [-0.05, 0) is 0 Å². The predicted molar refractivity (Wildman–Crippen MR) is 46.2 cm³/mol. The number of alkyl halides is 6. The molecule has 0 aromatic rings. The topological polar surface area (TPSA) is 0 Å². The lowest BCUT2D eigenvalue weighted by atomic mass is 10.5. The summed E-state index contributed by atoms with van der Waals surface area (Å²) in [6.45, 7) is 2.17. The molecule has 0 saturated heterocycles. The van der Waals surface area contributed by atoms with Crippen LogP contribution in [0.3, 0.4) is 0 Å². The minimum absolute atomic E-state index is 0. The van der Waals surface area contributed by atoms with Gasteiger partial charge in [0.2, 0.25) is 0 Å². The molecule has 0 spiro atoms. The smallest absolute Gasteiger partial charge is 0.171 e. The van der Waals surface area contributed by atoms with Gasteiger partial charge in [0.15, 0.2) is 0 Å². The highest BCUT2D eigenvalue weighted by atomic mass is 19.4. The van der Waals surface area contributed by atoms with Crippen molar-refractivity contribution in [3.05, 3.63) is 0 Å². The average molecular weight is 228 g/mol. The molecule has 92 valence electrons. The molecule has 0 bridgehead atoms. The van der Waals surface area contributed by atoms with Crippen molar-refractivity contribution in [2.75, 3.05) is 0 Å². The van der Waals surface area contributed by atoms with Gasteiger partial charge in [-0.15, -0.1) is 0 Å². The van der Waals surface area contributed by atoms with Crippen molar-refractivity contribution < 1.29 is 26.3 Å². The fourth-order valence-electron chi connectivity index (χ4n) is 0. The van der Waals surface area contributed by atoms with Crippen LogP contribution in [0, 0.1) is 0 Å². The van der Waals surface area contributed by atoms with E-state index in [2.05, 4.69) is 0 Å². The molecule has 6 heteroatoms. The van der Waals surface area contributed by atoms with Gasteiger partial charge in [-0.25, -0.2) is 0 Å². The fraction of sp³-hybridized carbons (Fsp3) is 1.00.